The van der Waals surface area contributed by atoms with Crippen LogP contribution in [0.15, 0.2) is 24.3 Å². The van der Waals surface area contributed by atoms with Gasteiger partial charge in [-0.3, -0.25) is 9.69 Å². The number of carbonyl (C=O) groups excluding carboxylic acids is 1. The number of rotatable bonds is 3. The summed E-state index contributed by atoms with van der Waals surface area (Å²) in [6.45, 7) is 5.88. The quantitative estimate of drug-likeness (QED) is 0.924. The number of nitrogens with zero attached hydrogens (tertiary/aromatic N) is 3. The minimum absolute atomic E-state index is 0. The van der Waals surface area contributed by atoms with Crippen molar-refractivity contribution in [3.63, 3.8) is 0 Å². The predicted molar refractivity (Wildman–Crippen MR) is 92.4 cm³/mol. The molecule has 2 N–H and O–H groups in total. The highest BCUT2D eigenvalue weighted by molar-refractivity contribution is 7.18. The molecule has 1 fully saturated rings. The molecule has 22 heavy (non-hydrogen) atoms. The van der Waals surface area contributed by atoms with Crippen LogP contribution in [0.1, 0.15) is 11.9 Å². The van der Waals surface area contributed by atoms with Gasteiger partial charge in [-0.2, -0.15) is 0 Å². The fourth-order valence-corrected chi connectivity index (χ4v) is 3.60. The monoisotopic (exact) mass is 340 g/mol. The van der Waals surface area contributed by atoms with Gasteiger partial charge in [0, 0.05) is 26.2 Å². The maximum absolute atomic E-state index is 11.9. The van der Waals surface area contributed by atoms with Crippen molar-refractivity contribution in [2.45, 2.75) is 19.5 Å². The summed E-state index contributed by atoms with van der Waals surface area (Å²) in [6, 6.07) is 7.82. The molecule has 0 radical (unpaired) electrons. The average molecular weight is 341 g/mol. The zero-order valence-electron chi connectivity index (χ0n) is 12.6. The molecular weight excluding hydrogens is 320 g/mol. The van der Waals surface area contributed by atoms with Crippen molar-refractivity contribution >= 4 is 39.9 Å². The summed E-state index contributed by atoms with van der Waals surface area (Å²) in [7, 11) is 0. The van der Waals surface area contributed by atoms with E-state index in [0.29, 0.717) is 0 Å². The summed E-state index contributed by atoms with van der Waals surface area (Å²) in [5, 5.41) is 1.14. The number of para-hydroxylation sites is 1. The minimum atomic E-state index is -0.402. The van der Waals surface area contributed by atoms with Gasteiger partial charge in [0.1, 0.15) is 5.01 Å². The van der Waals surface area contributed by atoms with Gasteiger partial charge in [0.15, 0.2) is 0 Å². The van der Waals surface area contributed by atoms with Crippen molar-refractivity contribution in [2.75, 3.05) is 26.2 Å². The lowest BCUT2D eigenvalue weighted by molar-refractivity contribution is -0.134. The molecule has 1 unspecified atom stereocenters. The van der Waals surface area contributed by atoms with Crippen molar-refractivity contribution in [1.82, 2.24) is 14.8 Å². The molecule has 1 aromatic heterocycles. The third-order valence-electron chi connectivity index (χ3n) is 3.77. The van der Waals surface area contributed by atoms with E-state index in [2.05, 4.69) is 22.0 Å². The first-order valence-corrected chi connectivity index (χ1v) is 8.06. The fourth-order valence-electron chi connectivity index (χ4n) is 2.59. The molecule has 1 aliphatic heterocycles. The molecular formula is C15H21ClN4OS. The smallest absolute Gasteiger partial charge is 0.239 e. The van der Waals surface area contributed by atoms with Crippen LogP contribution in [0.5, 0.6) is 0 Å². The molecule has 120 valence electrons. The Kier molecular flexibility index (Phi) is 5.74. The van der Waals surface area contributed by atoms with E-state index >= 15 is 0 Å². The van der Waals surface area contributed by atoms with E-state index in [0.717, 1.165) is 43.2 Å². The Morgan fingerprint density at radius 3 is 2.64 bits per heavy atom. The number of hydrogen-bond donors (Lipinski definition) is 1. The van der Waals surface area contributed by atoms with Gasteiger partial charge in [0.25, 0.3) is 0 Å². The number of nitrogens with two attached hydrogens (primary N) is 1. The van der Waals surface area contributed by atoms with E-state index in [1.54, 1.807) is 18.3 Å². The Labute approximate surface area is 140 Å². The number of amides is 1. The van der Waals surface area contributed by atoms with Crippen molar-refractivity contribution in [1.29, 1.82) is 0 Å². The Balaban J connectivity index is 0.00000176. The van der Waals surface area contributed by atoms with Crippen molar-refractivity contribution < 1.29 is 4.79 Å². The average Bonchev–Trinajstić information content (AvgIpc) is 2.89. The zero-order valence-corrected chi connectivity index (χ0v) is 14.2. The molecule has 0 spiro atoms. The van der Waals surface area contributed by atoms with Crippen LogP contribution in [0.25, 0.3) is 10.2 Å². The van der Waals surface area contributed by atoms with Gasteiger partial charge in [0.05, 0.1) is 22.8 Å². The lowest BCUT2D eigenvalue weighted by Gasteiger charge is -2.35. The number of aromatic nitrogens is 1. The van der Waals surface area contributed by atoms with Crippen LogP contribution in [0.3, 0.4) is 0 Å². The van der Waals surface area contributed by atoms with Crippen LogP contribution in [-0.4, -0.2) is 52.9 Å². The Morgan fingerprint density at radius 1 is 1.32 bits per heavy atom. The Bertz CT molecular complexity index is 604. The summed E-state index contributed by atoms with van der Waals surface area (Å²) in [5.41, 5.74) is 6.73. The van der Waals surface area contributed by atoms with Gasteiger partial charge >= 0.3 is 0 Å². The number of benzene rings is 1. The third-order valence-corrected chi connectivity index (χ3v) is 4.79. The molecule has 1 amide bonds. The number of thiazole rings is 1. The second kappa shape index (κ2) is 7.37. The van der Waals surface area contributed by atoms with E-state index in [1.165, 1.54) is 4.70 Å². The molecule has 7 heteroatoms. The maximum Gasteiger partial charge on any atom is 0.239 e. The molecule has 3 rings (SSSR count). The Hall–Kier alpha value is -1.21. The van der Waals surface area contributed by atoms with Gasteiger partial charge in [-0.15, -0.1) is 23.7 Å². The van der Waals surface area contributed by atoms with Crippen molar-refractivity contribution in [3.8, 4) is 0 Å². The first kappa shape index (κ1) is 17.1. The molecule has 2 aromatic rings. The molecule has 1 saturated heterocycles. The molecule has 5 nitrogen and oxygen atoms in total. The molecule has 1 aliphatic rings. The summed E-state index contributed by atoms with van der Waals surface area (Å²) in [5.74, 6) is 0.0506. The lowest BCUT2D eigenvalue weighted by atomic mass is 10.2. The molecule has 1 atom stereocenters. The van der Waals surface area contributed by atoms with E-state index in [9.17, 15) is 4.79 Å². The zero-order chi connectivity index (χ0) is 14.8. The molecule has 1 aromatic carbocycles. The molecule has 2 heterocycles. The van der Waals surface area contributed by atoms with E-state index in [-0.39, 0.29) is 18.3 Å². The van der Waals surface area contributed by atoms with Gasteiger partial charge in [0.2, 0.25) is 5.91 Å². The number of piperazine rings is 1. The van der Waals surface area contributed by atoms with Gasteiger partial charge in [-0.1, -0.05) is 12.1 Å². The number of fused-ring (bicyclic) bond motifs is 1. The summed E-state index contributed by atoms with van der Waals surface area (Å²) >= 11 is 1.75. The van der Waals surface area contributed by atoms with Gasteiger partial charge in [-0.05, 0) is 19.1 Å². The molecule has 0 saturated carbocycles. The first-order chi connectivity index (χ1) is 10.1. The topological polar surface area (TPSA) is 62.5 Å². The molecule has 0 bridgehead atoms. The summed E-state index contributed by atoms with van der Waals surface area (Å²) in [6.07, 6.45) is 0. The Morgan fingerprint density at radius 2 is 2.00 bits per heavy atom. The van der Waals surface area contributed by atoms with Crippen molar-refractivity contribution in [3.05, 3.63) is 29.3 Å². The van der Waals surface area contributed by atoms with E-state index in [1.807, 2.05) is 17.0 Å². The second-order valence-corrected chi connectivity index (χ2v) is 6.58. The fraction of sp³-hybridized carbons (Fsp3) is 0.467. The maximum atomic E-state index is 11.9. The molecule has 0 aliphatic carbocycles. The van der Waals surface area contributed by atoms with Crippen LogP contribution < -0.4 is 5.73 Å². The first-order valence-electron chi connectivity index (χ1n) is 7.24. The largest absolute Gasteiger partial charge is 0.339 e. The number of hydrogen-bond acceptors (Lipinski definition) is 5. The normalized spacial score (nSPS) is 17.3. The summed E-state index contributed by atoms with van der Waals surface area (Å²) in [4.78, 5) is 20.7. The highest BCUT2D eigenvalue weighted by Gasteiger charge is 2.23. The van der Waals surface area contributed by atoms with Crippen LogP contribution in [0, 0.1) is 0 Å². The third kappa shape index (κ3) is 3.76. The SMILES string of the molecule is CC(N)C(=O)N1CCN(Cc2nc3ccccc3s2)CC1.Cl. The van der Waals surface area contributed by atoms with E-state index < -0.39 is 6.04 Å². The predicted octanol–water partition coefficient (Wildman–Crippen LogP) is 1.71. The number of halogens is 1. The summed E-state index contributed by atoms with van der Waals surface area (Å²) < 4.78 is 1.23. The van der Waals surface area contributed by atoms with Crippen LogP contribution in [-0.2, 0) is 11.3 Å². The second-order valence-electron chi connectivity index (χ2n) is 5.47. The highest BCUT2D eigenvalue weighted by atomic mass is 35.5. The van der Waals surface area contributed by atoms with Crippen LogP contribution in [0.2, 0.25) is 0 Å². The number of carbonyl (C=O) groups is 1. The minimum Gasteiger partial charge on any atom is -0.339 e. The van der Waals surface area contributed by atoms with Crippen LogP contribution in [0.4, 0.5) is 0 Å². The van der Waals surface area contributed by atoms with E-state index in [4.69, 9.17) is 5.73 Å². The highest BCUT2D eigenvalue weighted by Crippen LogP contribution is 2.22. The standard InChI is InChI=1S/C15H20N4OS.ClH/c1-11(16)15(20)19-8-6-18(7-9-19)10-14-17-12-4-2-3-5-13(12)21-14;/h2-5,11H,6-10,16H2,1H3;1H. The van der Waals surface area contributed by atoms with Crippen molar-refractivity contribution in [2.24, 2.45) is 5.73 Å². The van der Waals surface area contributed by atoms with Gasteiger partial charge < -0.3 is 10.6 Å². The lowest BCUT2D eigenvalue weighted by Crippen LogP contribution is -2.52. The van der Waals surface area contributed by atoms with Gasteiger partial charge in [-0.25, -0.2) is 4.98 Å². The van der Waals surface area contributed by atoms with Crippen LogP contribution >= 0.6 is 23.7 Å².